The first kappa shape index (κ1) is 20.7. The van der Waals surface area contributed by atoms with E-state index >= 15 is 0 Å². The zero-order valence-corrected chi connectivity index (χ0v) is 18.5. The van der Waals surface area contributed by atoms with Gasteiger partial charge < -0.3 is 10.1 Å². The molecule has 0 aliphatic heterocycles. The molecule has 1 aromatic rings. The lowest BCUT2D eigenvalue weighted by atomic mass is 9.49. The average molecular weight is 424 g/mol. The molecule has 4 saturated carbocycles. The van der Waals surface area contributed by atoms with E-state index in [4.69, 9.17) is 4.74 Å². The first-order valence-electron chi connectivity index (χ1n) is 12.0. The van der Waals surface area contributed by atoms with Crippen LogP contribution in [0, 0.1) is 23.2 Å². The van der Waals surface area contributed by atoms with E-state index < -0.39 is 12.1 Å². The lowest BCUT2D eigenvalue weighted by Gasteiger charge is -2.56. The highest BCUT2D eigenvalue weighted by atomic mass is 16.5. The van der Waals surface area contributed by atoms with Gasteiger partial charge in [-0.3, -0.25) is 14.4 Å². The molecule has 0 spiro atoms. The number of hydrogen-bond acceptors (Lipinski definition) is 4. The largest absolute Gasteiger partial charge is 0.453 e. The Morgan fingerprint density at radius 3 is 2.35 bits per heavy atom. The van der Waals surface area contributed by atoms with Crippen LogP contribution in [0.1, 0.15) is 79.8 Å². The van der Waals surface area contributed by atoms with Crippen molar-refractivity contribution in [2.45, 2.75) is 77.2 Å². The summed E-state index contributed by atoms with van der Waals surface area (Å²) in [6.45, 7) is 1.43. The third kappa shape index (κ3) is 4.28. The predicted molar refractivity (Wildman–Crippen MR) is 117 cm³/mol. The minimum absolute atomic E-state index is 0.0588. The first-order chi connectivity index (χ1) is 14.9. The summed E-state index contributed by atoms with van der Waals surface area (Å²) in [5.41, 5.74) is 3.27. The van der Waals surface area contributed by atoms with Crippen LogP contribution in [-0.2, 0) is 27.2 Å². The Kier molecular flexibility index (Phi) is 5.39. The van der Waals surface area contributed by atoms with Crippen LogP contribution in [0.2, 0.25) is 0 Å². The van der Waals surface area contributed by atoms with Gasteiger partial charge in [0, 0.05) is 12.0 Å². The molecule has 5 heteroatoms. The number of ketones is 1. The molecule has 6 rings (SSSR count). The normalized spacial score (nSPS) is 31.2. The highest BCUT2D eigenvalue weighted by Crippen LogP contribution is 2.61. The molecule has 5 aliphatic rings. The van der Waals surface area contributed by atoms with Crippen LogP contribution in [-0.4, -0.2) is 30.3 Å². The molecule has 31 heavy (non-hydrogen) atoms. The molecule has 0 radical (unpaired) electrons. The molecule has 1 aromatic carbocycles. The summed E-state index contributed by atoms with van der Waals surface area (Å²) in [6, 6.07) is 5.76. The van der Waals surface area contributed by atoms with Crippen molar-refractivity contribution in [2.24, 2.45) is 23.2 Å². The van der Waals surface area contributed by atoms with E-state index in [9.17, 15) is 14.4 Å². The van der Waals surface area contributed by atoms with Crippen LogP contribution in [0.5, 0.6) is 0 Å². The van der Waals surface area contributed by atoms with Gasteiger partial charge in [0.15, 0.2) is 6.10 Å². The van der Waals surface area contributed by atoms with Crippen molar-refractivity contribution >= 4 is 17.7 Å². The third-order valence-electron chi connectivity index (χ3n) is 8.19. The number of esters is 1. The molecule has 1 amide bonds. The number of aryl methyl sites for hydroxylation is 2. The number of hydrogen-bond donors (Lipinski definition) is 1. The fraction of sp³-hybridized carbons (Fsp3) is 0.654. The standard InChI is InChI=1S/C26H33NO4/c1-16(25(30)22-6-5-20-3-2-4-21(20)10-22)31-24(29)15-27-23(28)14-26-11-17-7-18(12-26)9-19(8-17)13-26/h5-6,10,16-19H,2-4,7-9,11-15H2,1H3,(H,27,28)/t16-,17?,18?,19?,26?/m0/s1. The molecule has 166 valence electrons. The van der Waals surface area contributed by atoms with Crippen LogP contribution in [0.25, 0.3) is 0 Å². The van der Waals surface area contributed by atoms with E-state index in [1.807, 2.05) is 18.2 Å². The number of ether oxygens (including phenoxy) is 1. The molecule has 1 atom stereocenters. The summed E-state index contributed by atoms with van der Waals surface area (Å²) in [4.78, 5) is 37.5. The van der Waals surface area contributed by atoms with Gasteiger partial charge in [-0.2, -0.15) is 0 Å². The van der Waals surface area contributed by atoms with E-state index in [1.54, 1.807) is 6.92 Å². The van der Waals surface area contributed by atoms with Crippen molar-refractivity contribution in [2.75, 3.05) is 6.54 Å². The predicted octanol–water partition coefficient (Wildman–Crippen LogP) is 4.01. The van der Waals surface area contributed by atoms with E-state index in [0.29, 0.717) is 12.0 Å². The zero-order valence-electron chi connectivity index (χ0n) is 18.5. The zero-order chi connectivity index (χ0) is 21.6. The number of nitrogens with one attached hydrogen (secondary N) is 1. The Labute approximate surface area is 184 Å². The maximum atomic E-state index is 12.7. The van der Waals surface area contributed by atoms with Gasteiger partial charge in [-0.15, -0.1) is 0 Å². The van der Waals surface area contributed by atoms with Crippen molar-refractivity contribution < 1.29 is 19.1 Å². The van der Waals surface area contributed by atoms with Crippen LogP contribution < -0.4 is 5.32 Å². The number of rotatable bonds is 7. The molecule has 0 heterocycles. The van der Waals surface area contributed by atoms with E-state index in [2.05, 4.69) is 5.32 Å². The SMILES string of the molecule is C[C@H](OC(=O)CNC(=O)CC12CC3CC(CC(C3)C1)C2)C(=O)c1ccc2c(c1)CCC2. The Hall–Kier alpha value is -2.17. The second-order valence-corrected chi connectivity index (χ2v) is 10.7. The molecule has 5 aliphatic carbocycles. The number of carbonyl (C=O) groups is 3. The van der Waals surface area contributed by atoms with Crippen molar-refractivity contribution in [3.8, 4) is 0 Å². The minimum Gasteiger partial charge on any atom is -0.453 e. The van der Waals surface area contributed by atoms with Crippen molar-refractivity contribution in [3.63, 3.8) is 0 Å². The quantitative estimate of drug-likeness (QED) is 0.531. The summed E-state index contributed by atoms with van der Waals surface area (Å²) < 4.78 is 5.33. The van der Waals surface area contributed by atoms with Crippen molar-refractivity contribution in [1.29, 1.82) is 0 Å². The fourth-order valence-corrected chi connectivity index (χ4v) is 7.33. The van der Waals surface area contributed by atoms with Gasteiger partial charge in [0.1, 0.15) is 6.54 Å². The molecule has 0 unspecified atom stereocenters. The summed E-state index contributed by atoms with van der Waals surface area (Å²) in [6.07, 6.45) is 10.4. The van der Waals surface area contributed by atoms with Crippen LogP contribution >= 0.6 is 0 Å². The van der Waals surface area contributed by atoms with Crippen LogP contribution in [0.3, 0.4) is 0 Å². The lowest BCUT2D eigenvalue weighted by Crippen LogP contribution is -2.48. The van der Waals surface area contributed by atoms with E-state index in [1.165, 1.54) is 49.7 Å². The second kappa shape index (κ2) is 8.07. The Morgan fingerprint density at radius 1 is 1.03 bits per heavy atom. The Balaban J connectivity index is 1.10. The van der Waals surface area contributed by atoms with Crippen LogP contribution in [0.4, 0.5) is 0 Å². The van der Waals surface area contributed by atoms with Gasteiger partial charge in [-0.05, 0) is 105 Å². The monoisotopic (exact) mass is 423 g/mol. The van der Waals surface area contributed by atoms with Crippen molar-refractivity contribution in [1.82, 2.24) is 5.32 Å². The number of fused-ring (bicyclic) bond motifs is 1. The van der Waals surface area contributed by atoms with Gasteiger partial charge in [0.2, 0.25) is 11.7 Å². The molecule has 4 fully saturated rings. The third-order valence-corrected chi connectivity index (χ3v) is 8.19. The number of benzene rings is 1. The summed E-state index contributed by atoms with van der Waals surface area (Å²) >= 11 is 0. The first-order valence-corrected chi connectivity index (χ1v) is 12.0. The maximum absolute atomic E-state index is 12.7. The molecular weight excluding hydrogens is 390 g/mol. The smallest absolute Gasteiger partial charge is 0.326 e. The summed E-state index contributed by atoms with van der Waals surface area (Å²) in [5.74, 6) is 1.60. The number of Topliss-reactive ketones (excluding diaryl/α,β-unsaturated/α-hetero) is 1. The molecule has 0 aromatic heterocycles. The number of amides is 1. The molecule has 4 bridgehead atoms. The topological polar surface area (TPSA) is 72.5 Å². The van der Waals surface area contributed by atoms with Gasteiger partial charge in [0.05, 0.1) is 0 Å². The molecule has 0 saturated heterocycles. The highest BCUT2D eigenvalue weighted by molar-refractivity contribution is 6.00. The fourth-order valence-electron chi connectivity index (χ4n) is 7.33. The summed E-state index contributed by atoms with van der Waals surface area (Å²) in [5, 5.41) is 2.75. The van der Waals surface area contributed by atoms with Gasteiger partial charge >= 0.3 is 5.97 Å². The molecule has 5 nitrogen and oxygen atoms in total. The Bertz CT molecular complexity index is 869. The van der Waals surface area contributed by atoms with Crippen molar-refractivity contribution in [3.05, 3.63) is 34.9 Å². The van der Waals surface area contributed by atoms with Gasteiger partial charge in [-0.25, -0.2) is 0 Å². The van der Waals surface area contributed by atoms with Crippen LogP contribution in [0.15, 0.2) is 18.2 Å². The second-order valence-electron chi connectivity index (χ2n) is 10.7. The average Bonchev–Trinajstić information content (AvgIpc) is 3.18. The van der Waals surface area contributed by atoms with E-state index in [0.717, 1.165) is 37.0 Å². The lowest BCUT2D eigenvalue weighted by molar-refractivity contribution is -0.147. The maximum Gasteiger partial charge on any atom is 0.326 e. The van der Waals surface area contributed by atoms with Gasteiger partial charge in [0.25, 0.3) is 0 Å². The molecule has 1 N–H and O–H groups in total. The van der Waals surface area contributed by atoms with Gasteiger partial charge in [-0.1, -0.05) is 12.1 Å². The number of carbonyl (C=O) groups excluding carboxylic acids is 3. The minimum atomic E-state index is -0.855. The molecular formula is C26H33NO4. The highest BCUT2D eigenvalue weighted by Gasteiger charge is 2.51. The Morgan fingerprint density at radius 2 is 1.68 bits per heavy atom. The van der Waals surface area contributed by atoms with E-state index in [-0.39, 0.29) is 23.7 Å². The summed E-state index contributed by atoms with van der Waals surface area (Å²) in [7, 11) is 0.